The minimum atomic E-state index is -0.765. The number of carbonyl (C=O) groups excluding carboxylic acids is 3. The fourth-order valence-electron chi connectivity index (χ4n) is 4.18. The first-order valence-electron chi connectivity index (χ1n) is 12.3. The predicted molar refractivity (Wildman–Crippen MR) is 141 cm³/mol. The van der Waals surface area contributed by atoms with E-state index in [0.29, 0.717) is 11.3 Å². The Morgan fingerprint density at radius 3 is 1.97 bits per heavy atom. The lowest BCUT2D eigenvalue weighted by molar-refractivity contribution is -0.153. The number of para-hydroxylation sites is 1. The highest BCUT2D eigenvalue weighted by Gasteiger charge is 2.43. The van der Waals surface area contributed by atoms with Gasteiger partial charge in [-0.1, -0.05) is 78.9 Å². The summed E-state index contributed by atoms with van der Waals surface area (Å²) in [5.74, 6) is -0.931. The van der Waals surface area contributed by atoms with E-state index in [0.717, 1.165) is 11.1 Å². The van der Waals surface area contributed by atoms with E-state index in [4.69, 9.17) is 14.2 Å². The van der Waals surface area contributed by atoms with Crippen molar-refractivity contribution in [2.24, 2.45) is 0 Å². The Hall–Kier alpha value is -4.43. The van der Waals surface area contributed by atoms with Crippen molar-refractivity contribution in [2.45, 2.75) is 19.1 Å². The summed E-state index contributed by atoms with van der Waals surface area (Å²) >= 11 is 0. The number of carbonyl (C=O) groups is 3. The Bertz CT molecular complexity index is 1240. The third-order valence-electron chi connectivity index (χ3n) is 6.04. The molecule has 1 fully saturated rings. The van der Waals surface area contributed by atoms with Gasteiger partial charge in [-0.15, -0.1) is 0 Å². The topological polar surface area (TPSA) is 94.2 Å². The highest BCUT2D eigenvalue weighted by molar-refractivity contribution is 6.01. The number of esters is 1. The van der Waals surface area contributed by atoms with Crippen molar-refractivity contribution in [1.82, 2.24) is 10.2 Å². The maximum absolute atomic E-state index is 13.5. The third-order valence-corrected chi connectivity index (χ3v) is 6.04. The average Bonchev–Trinajstić information content (AvgIpc) is 2.95. The molecule has 0 spiro atoms. The van der Waals surface area contributed by atoms with Gasteiger partial charge in [0.15, 0.2) is 12.7 Å². The Kier molecular flexibility index (Phi) is 8.89. The molecule has 1 unspecified atom stereocenters. The monoisotopic (exact) mass is 514 g/mol. The van der Waals surface area contributed by atoms with E-state index in [1.165, 1.54) is 12.0 Å². The summed E-state index contributed by atoms with van der Waals surface area (Å²) < 4.78 is 16.7. The standard InChI is InChI=1S/C30H30N2O6/c1-21(19-36-2)27(30(35)38-28(22-12-6-3-7-13-22)23-14-8-4-9-15-23)32-18-25(29(32)34)31-26(33)20-37-24-16-10-5-11-17-24/h3-17,25,28H,18-20H2,1-2H3,(H,31,33)/b27-21-. The molecule has 1 atom stereocenters. The van der Waals surface area contributed by atoms with E-state index in [-0.39, 0.29) is 25.5 Å². The highest BCUT2D eigenvalue weighted by atomic mass is 16.5. The fourth-order valence-corrected chi connectivity index (χ4v) is 4.18. The number of rotatable bonds is 11. The van der Waals surface area contributed by atoms with E-state index in [1.807, 2.05) is 66.7 Å². The summed E-state index contributed by atoms with van der Waals surface area (Å²) in [6.07, 6.45) is -0.669. The van der Waals surface area contributed by atoms with Gasteiger partial charge in [-0.3, -0.25) is 9.59 Å². The molecule has 196 valence electrons. The summed E-state index contributed by atoms with van der Waals surface area (Å²) in [4.78, 5) is 40.3. The van der Waals surface area contributed by atoms with Gasteiger partial charge in [-0.05, 0) is 35.8 Å². The number of ether oxygens (including phenoxy) is 3. The molecule has 38 heavy (non-hydrogen) atoms. The Balaban J connectivity index is 1.46. The third kappa shape index (κ3) is 6.46. The number of hydrogen-bond acceptors (Lipinski definition) is 6. The Morgan fingerprint density at radius 2 is 1.45 bits per heavy atom. The van der Waals surface area contributed by atoms with Crippen LogP contribution in [0.3, 0.4) is 0 Å². The minimum Gasteiger partial charge on any atom is -0.484 e. The van der Waals surface area contributed by atoms with Crippen LogP contribution in [-0.2, 0) is 23.9 Å². The van der Waals surface area contributed by atoms with E-state index < -0.39 is 29.9 Å². The maximum atomic E-state index is 13.5. The van der Waals surface area contributed by atoms with Crippen LogP contribution in [0.1, 0.15) is 24.2 Å². The Labute approximate surface area is 221 Å². The van der Waals surface area contributed by atoms with E-state index in [1.54, 1.807) is 31.2 Å². The molecule has 1 N–H and O–H groups in total. The van der Waals surface area contributed by atoms with Crippen molar-refractivity contribution in [3.05, 3.63) is 113 Å². The molecule has 4 rings (SSSR count). The van der Waals surface area contributed by atoms with Gasteiger partial charge in [-0.2, -0.15) is 0 Å². The summed E-state index contributed by atoms with van der Waals surface area (Å²) in [7, 11) is 1.51. The molecule has 8 nitrogen and oxygen atoms in total. The second kappa shape index (κ2) is 12.7. The molecule has 1 heterocycles. The highest BCUT2D eigenvalue weighted by Crippen LogP contribution is 2.29. The number of methoxy groups -OCH3 is 1. The maximum Gasteiger partial charge on any atom is 0.356 e. The van der Waals surface area contributed by atoms with Gasteiger partial charge >= 0.3 is 5.97 Å². The van der Waals surface area contributed by atoms with Gasteiger partial charge in [-0.25, -0.2) is 4.79 Å². The van der Waals surface area contributed by atoms with Gasteiger partial charge in [0.25, 0.3) is 11.8 Å². The van der Waals surface area contributed by atoms with E-state index in [9.17, 15) is 14.4 Å². The van der Waals surface area contributed by atoms with Crippen molar-refractivity contribution < 1.29 is 28.6 Å². The fraction of sp³-hybridized carbons (Fsp3) is 0.233. The normalized spacial score (nSPS) is 15.4. The zero-order chi connectivity index (χ0) is 26.9. The molecule has 0 aromatic heterocycles. The predicted octanol–water partition coefficient (Wildman–Crippen LogP) is 3.65. The van der Waals surface area contributed by atoms with Crippen LogP contribution in [0.4, 0.5) is 0 Å². The summed E-state index contributed by atoms with van der Waals surface area (Å²) in [6, 6.07) is 27.0. The van der Waals surface area contributed by atoms with Crippen molar-refractivity contribution >= 4 is 17.8 Å². The van der Waals surface area contributed by atoms with E-state index in [2.05, 4.69) is 5.32 Å². The number of nitrogens with zero attached hydrogens (tertiary/aromatic N) is 1. The molecule has 0 radical (unpaired) electrons. The zero-order valence-corrected chi connectivity index (χ0v) is 21.3. The van der Waals surface area contributed by atoms with Crippen LogP contribution >= 0.6 is 0 Å². The summed E-state index contributed by atoms with van der Waals surface area (Å²) in [6.45, 7) is 1.75. The lowest BCUT2D eigenvalue weighted by atomic mass is 10.0. The van der Waals surface area contributed by atoms with Gasteiger partial charge in [0.1, 0.15) is 17.5 Å². The number of amides is 2. The molecule has 1 aliphatic rings. The second-order valence-corrected chi connectivity index (χ2v) is 8.84. The molecule has 2 amide bonds. The molecule has 0 bridgehead atoms. The van der Waals surface area contributed by atoms with Crippen LogP contribution in [0.2, 0.25) is 0 Å². The van der Waals surface area contributed by atoms with Crippen molar-refractivity contribution in [2.75, 3.05) is 26.9 Å². The van der Waals surface area contributed by atoms with Crippen LogP contribution in [0, 0.1) is 0 Å². The number of nitrogens with one attached hydrogen (secondary N) is 1. The summed E-state index contributed by atoms with van der Waals surface area (Å²) in [5, 5.41) is 2.66. The van der Waals surface area contributed by atoms with E-state index >= 15 is 0 Å². The molecule has 8 heteroatoms. The first-order chi connectivity index (χ1) is 18.5. The van der Waals surface area contributed by atoms with Crippen LogP contribution in [0.15, 0.2) is 102 Å². The molecule has 3 aromatic carbocycles. The largest absolute Gasteiger partial charge is 0.484 e. The quantitative estimate of drug-likeness (QED) is 0.239. The SMILES string of the molecule is COC/C(C)=C(/C(=O)OC(c1ccccc1)c1ccccc1)N1CC(NC(=O)COc2ccccc2)C1=O. The molecular weight excluding hydrogens is 484 g/mol. The molecule has 0 saturated carbocycles. The number of β-lactam (4-membered cyclic amide) rings is 1. The smallest absolute Gasteiger partial charge is 0.356 e. The number of benzene rings is 3. The average molecular weight is 515 g/mol. The second-order valence-electron chi connectivity index (χ2n) is 8.84. The van der Waals surface area contributed by atoms with Crippen molar-refractivity contribution in [3.8, 4) is 5.75 Å². The number of hydrogen-bond donors (Lipinski definition) is 1. The Morgan fingerprint density at radius 1 is 0.895 bits per heavy atom. The number of likely N-dealkylation sites (tertiary alicyclic amines) is 1. The summed E-state index contributed by atoms with van der Waals surface area (Å²) in [5.41, 5.74) is 2.26. The van der Waals surface area contributed by atoms with Gasteiger partial charge in [0.2, 0.25) is 0 Å². The van der Waals surface area contributed by atoms with Crippen LogP contribution in [0.5, 0.6) is 5.75 Å². The van der Waals surface area contributed by atoms with Crippen LogP contribution in [-0.4, -0.2) is 55.6 Å². The van der Waals surface area contributed by atoms with Crippen LogP contribution < -0.4 is 10.1 Å². The molecule has 0 aliphatic carbocycles. The lowest BCUT2D eigenvalue weighted by Crippen LogP contribution is -2.64. The van der Waals surface area contributed by atoms with Gasteiger partial charge in [0.05, 0.1) is 13.2 Å². The molecular formula is C30H30N2O6. The first kappa shape index (κ1) is 26.6. The van der Waals surface area contributed by atoms with Gasteiger partial charge < -0.3 is 24.4 Å². The first-order valence-corrected chi connectivity index (χ1v) is 12.3. The zero-order valence-electron chi connectivity index (χ0n) is 21.3. The van der Waals surface area contributed by atoms with Gasteiger partial charge in [0, 0.05) is 7.11 Å². The molecule has 3 aromatic rings. The molecule has 1 saturated heterocycles. The van der Waals surface area contributed by atoms with Crippen molar-refractivity contribution in [1.29, 1.82) is 0 Å². The molecule has 1 aliphatic heterocycles. The lowest BCUT2D eigenvalue weighted by Gasteiger charge is -2.40. The minimum absolute atomic E-state index is 0.111. The van der Waals surface area contributed by atoms with Crippen molar-refractivity contribution in [3.63, 3.8) is 0 Å². The van der Waals surface area contributed by atoms with Crippen LogP contribution in [0.25, 0.3) is 0 Å².